The van der Waals surface area contributed by atoms with Crippen LogP contribution in [-0.2, 0) is 28.5 Å². The number of carbonyl (C=O) groups excluding carboxylic acids is 3. The van der Waals surface area contributed by atoms with E-state index < -0.39 is 34.9 Å². The van der Waals surface area contributed by atoms with Crippen LogP contribution in [0, 0.1) is 0 Å². The summed E-state index contributed by atoms with van der Waals surface area (Å²) < 4.78 is 20.4. The molecule has 1 aromatic rings. The molecule has 140 valence electrons. The molecule has 26 heavy (non-hydrogen) atoms. The Labute approximate surface area is 159 Å². The van der Waals surface area contributed by atoms with Crippen molar-refractivity contribution in [2.24, 2.45) is 0 Å². The Bertz CT molecular complexity index is 686. The van der Waals surface area contributed by atoms with Crippen molar-refractivity contribution >= 4 is 33.8 Å². The van der Waals surface area contributed by atoms with Gasteiger partial charge in [0.15, 0.2) is 0 Å². The number of hydrogen-bond acceptors (Lipinski definition) is 7. The van der Waals surface area contributed by atoms with Crippen LogP contribution >= 0.6 is 15.9 Å². The van der Waals surface area contributed by atoms with Crippen molar-refractivity contribution in [1.29, 1.82) is 0 Å². The highest BCUT2D eigenvalue weighted by molar-refractivity contribution is 9.09. The van der Waals surface area contributed by atoms with Gasteiger partial charge in [-0.2, -0.15) is 0 Å². The second-order valence-corrected chi connectivity index (χ2v) is 6.55. The first kappa shape index (κ1) is 20.1. The zero-order valence-electron chi connectivity index (χ0n) is 14.3. The molecule has 1 aliphatic rings. The quantitative estimate of drug-likeness (QED) is 0.390. The molecule has 0 N–H and O–H groups in total. The van der Waals surface area contributed by atoms with Crippen molar-refractivity contribution in [3.05, 3.63) is 47.5 Å². The van der Waals surface area contributed by atoms with Gasteiger partial charge in [-0.15, -0.1) is 0 Å². The molecule has 0 aliphatic heterocycles. The SMILES string of the molecule is COC(=O)CO[C@@H]1CC(C(=O)OC)=C[C@H](Br)[C@H]1OC(=O)c1ccccc1. The molecule has 1 aromatic carbocycles. The van der Waals surface area contributed by atoms with Gasteiger partial charge in [0.1, 0.15) is 18.8 Å². The predicted molar refractivity (Wildman–Crippen MR) is 94.8 cm³/mol. The van der Waals surface area contributed by atoms with E-state index in [1.807, 2.05) is 0 Å². The summed E-state index contributed by atoms with van der Waals surface area (Å²) in [6.45, 7) is -0.325. The Hall–Kier alpha value is -2.19. The molecular formula is C18H19BrO7. The summed E-state index contributed by atoms with van der Waals surface area (Å²) in [5, 5.41) is 0. The molecule has 7 nitrogen and oxygen atoms in total. The molecule has 0 unspecified atom stereocenters. The predicted octanol–water partition coefficient (Wildman–Crippen LogP) is 2.04. The minimum Gasteiger partial charge on any atom is -0.467 e. The summed E-state index contributed by atoms with van der Waals surface area (Å²) >= 11 is 3.40. The summed E-state index contributed by atoms with van der Waals surface area (Å²) in [5.41, 5.74) is 0.762. The molecule has 0 spiro atoms. The van der Waals surface area contributed by atoms with Crippen LogP contribution in [0.2, 0.25) is 0 Å². The van der Waals surface area contributed by atoms with Gasteiger partial charge in [-0.1, -0.05) is 40.2 Å². The molecule has 8 heteroatoms. The van der Waals surface area contributed by atoms with Gasteiger partial charge in [-0.05, 0) is 12.1 Å². The van der Waals surface area contributed by atoms with Crippen molar-refractivity contribution in [2.45, 2.75) is 23.5 Å². The fourth-order valence-electron chi connectivity index (χ4n) is 2.47. The maximum absolute atomic E-state index is 12.4. The van der Waals surface area contributed by atoms with Gasteiger partial charge in [0.2, 0.25) is 0 Å². The highest BCUT2D eigenvalue weighted by atomic mass is 79.9. The van der Waals surface area contributed by atoms with Crippen molar-refractivity contribution in [2.75, 3.05) is 20.8 Å². The van der Waals surface area contributed by atoms with E-state index in [1.54, 1.807) is 36.4 Å². The molecule has 3 atom stereocenters. The van der Waals surface area contributed by atoms with Gasteiger partial charge < -0.3 is 18.9 Å². The summed E-state index contributed by atoms with van der Waals surface area (Å²) in [6.07, 6.45) is 0.302. The first-order chi connectivity index (χ1) is 12.5. The number of carbonyl (C=O) groups is 3. The van der Waals surface area contributed by atoms with Gasteiger partial charge in [-0.25, -0.2) is 14.4 Å². The summed E-state index contributed by atoms with van der Waals surface area (Å²) in [6, 6.07) is 8.51. The summed E-state index contributed by atoms with van der Waals surface area (Å²) in [5.74, 6) is -1.60. The van der Waals surface area contributed by atoms with Crippen LogP contribution in [0.1, 0.15) is 16.8 Å². The lowest BCUT2D eigenvalue weighted by Crippen LogP contribution is -2.44. The first-order valence-electron chi connectivity index (χ1n) is 7.83. The van der Waals surface area contributed by atoms with E-state index in [1.165, 1.54) is 14.2 Å². The maximum Gasteiger partial charge on any atom is 0.338 e. The van der Waals surface area contributed by atoms with Gasteiger partial charge in [0.05, 0.1) is 24.6 Å². The molecular weight excluding hydrogens is 408 g/mol. The second kappa shape index (κ2) is 9.49. The number of esters is 3. The largest absolute Gasteiger partial charge is 0.467 e. The van der Waals surface area contributed by atoms with Crippen LogP contribution in [0.15, 0.2) is 42.0 Å². The number of halogens is 1. The Morgan fingerprint density at radius 3 is 2.38 bits per heavy atom. The highest BCUT2D eigenvalue weighted by Gasteiger charge is 2.38. The van der Waals surface area contributed by atoms with Crippen LogP contribution in [-0.4, -0.2) is 55.8 Å². The molecule has 0 amide bonds. The number of ether oxygens (including phenoxy) is 4. The third-order valence-corrected chi connectivity index (χ3v) is 4.59. The average molecular weight is 427 g/mol. The maximum atomic E-state index is 12.4. The minimum absolute atomic E-state index is 0.137. The number of rotatable bonds is 6. The van der Waals surface area contributed by atoms with E-state index in [2.05, 4.69) is 20.7 Å². The normalized spacial score (nSPS) is 22.1. The molecule has 0 saturated carbocycles. The van der Waals surface area contributed by atoms with E-state index >= 15 is 0 Å². The fourth-order valence-corrected chi connectivity index (χ4v) is 3.24. The van der Waals surface area contributed by atoms with Crippen LogP contribution in [0.25, 0.3) is 0 Å². The van der Waals surface area contributed by atoms with Crippen LogP contribution < -0.4 is 0 Å². The van der Waals surface area contributed by atoms with Crippen molar-refractivity contribution < 1.29 is 33.3 Å². The van der Waals surface area contributed by atoms with Crippen LogP contribution in [0.4, 0.5) is 0 Å². The van der Waals surface area contributed by atoms with Crippen molar-refractivity contribution in [3.63, 3.8) is 0 Å². The van der Waals surface area contributed by atoms with E-state index in [-0.39, 0.29) is 13.0 Å². The highest BCUT2D eigenvalue weighted by Crippen LogP contribution is 2.30. The molecule has 0 aromatic heterocycles. The zero-order chi connectivity index (χ0) is 19.1. The monoisotopic (exact) mass is 426 g/mol. The third kappa shape index (κ3) is 5.15. The topological polar surface area (TPSA) is 88.1 Å². The smallest absolute Gasteiger partial charge is 0.338 e. The lowest BCUT2D eigenvalue weighted by molar-refractivity contribution is -0.151. The standard InChI is InChI=1S/C18H19BrO7/c1-23-15(20)10-25-14-9-12(17(21)24-2)8-13(19)16(14)26-18(22)11-6-4-3-5-7-11/h3-8,13-14,16H,9-10H2,1-2H3/t13-,14+,16+/m0/s1. The molecule has 0 fully saturated rings. The second-order valence-electron chi connectivity index (χ2n) is 5.49. The van der Waals surface area contributed by atoms with E-state index in [9.17, 15) is 14.4 Å². The van der Waals surface area contributed by atoms with E-state index in [4.69, 9.17) is 14.2 Å². The molecule has 1 aliphatic carbocycles. The fraction of sp³-hybridized carbons (Fsp3) is 0.389. The van der Waals surface area contributed by atoms with Crippen molar-refractivity contribution in [3.8, 4) is 0 Å². The Kier molecular flexibility index (Phi) is 7.35. The molecule has 0 bridgehead atoms. The van der Waals surface area contributed by atoms with Gasteiger partial charge in [0.25, 0.3) is 0 Å². The molecule has 0 saturated heterocycles. The first-order valence-corrected chi connectivity index (χ1v) is 8.75. The van der Waals surface area contributed by atoms with Crippen LogP contribution in [0.3, 0.4) is 0 Å². The number of benzene rings is 1. The average Bonchev–Trinajstić information content (AvgIpc) is 2.67. The van der Waals surface area contributed by atoms with E-state index in [0.29, 0.717) is 11.1 Å². The summed E-state index contributed by atoms with van der Waals surface area (Å²) in [7, 11) is 2.52. The molecule has 0 radical (unpaired) electrons. The Morgan fingerprint density at radius 2 is 1.77 bits per heavy atom. The van der Waals surface area contributed by atoms with Gasteiger partial charge in [-0.3, -0.25) is 0 Å². The molecule has 2 rings (SSSR count). The number of methoxy groups -OCH3 is 2. The number of alkyl halides is 1. The Balaban J connectivity index is 2.18. The Morgan fingerprint density at radius 1 is 1.08 bits per heavy atom. The minimum atomic E-state index is -0.735. The van der Waals surface area contributed by atoms with E-state index in [0.717, 1.165) is 0 Å². The van der Waals surface area contributed by atoms with Crippen molar-refractivity contribution in [1.82, 2.24) is 0 Å². The molecule has 0 heterocycles. The van der Waals surface area contributed by atoms with Gasteiger partial charge in [0, 0.05) is 12.0 Å². The third-order valence-electron chi connectivity index (χ3n) is 3.80. The zero-order valence-corrected chi connectivity index (χ0v) is 15.9. The van der Waals surface area contributed by atoms with Gasteiger partial charge >= 0.3 is 17.9 Å². The lowest BCUT2D eigenvalue weighted by Gasteiger charge is -2.33. The summed E-state index contributed by atoms with van der Waals surface area (Å²) in [4.78, 5) is 35.1. The van der Waals surface area contributed by atoms with Crippen LogP contribution in [0.5, 0.6) is 0 Å². The lowest BCUT2D eigenvalue weighted by atomic mass is 9.93. The number of hydrogen-bond donors (Lipinski definition) is 0.